The molecule has 30 heavy (non-hydrogen) atoms. The van der Waals surface area contributed by atoms with E-state index in [4.69, 9.17) is 14.2 Å². The quantitative estimate of drug-likeness (QED) is 0.716. The Morgan fingerprint density at radius 3 is 2.57 bits per heavy atom. The molecule has 2 aliphatic rings. The number of anilines is 1. The fourth-order valence-corrected chi connectivity index (χ4v) is 3.48. The molecule has 0 spiro atoms. The lowest BCUT2D eigenvalue weighted by atomic mass is 10.1. The smallest absolute Gasteiger partial charge is 0.377 e. The highest BCUT2D eigenvalue weighted by Gasteiger charge is 2.41. The van der Waals surface area contributed by atoms with Crippen LogP contribution >= 0.6 is 0 Å². The molecule has 0 radical (unpaired) electrons. The van der Waals surface area contributed by atoms with E-state index in [2.05, 4.69) is 5.10 Å². The van der Waals surface area contributed by atoms with Crippen LogP contribution in [0, 0.1) is 0 Å². The Kier molecular flexibility index (Phi) is 5.18. The zero-order valence-corrected chi connectivity index (χ0v) is 16.9. The van der Waals surface area contributed by atoms with Gasteiger partial charge in [0.15, 0.2) is 17.7 Å². The highest BCUT2D eigenvalue weighted by Crippen LogP contribution is 2.40. The number of benzene rings is 2. The molecule has 0 aromatic heterocycles. The number of hydrogen-bond acceptors (Lipinski definition) is 8. The normalized spacial score (nSPS) is 17.6. The largest absolute Gasteiger partial charge is 0.460 e. The minimum atomic E-state index is -0.650. The van der Waals surface area contributed by atoms with Crippen LogP contribution in [-0.2, 0) is 14.3 Å². The van der Waals surface area contributed by atoms with Gasteiger partial charge in [-0.25, -0.2) is 14.8 Å². The molecule has 4 rings (SSSR count). The van der Waals surface area contributed by atoms with E-state index in [0.717, 1.165) is 5.56 Å². The van der Waals surface area contributed by atoms with Crippen molar-refractivity contribution < 1.29 is 23.8 Å². The van der Waals surface area contributed by atoms with E-state index in [1.54, 1.807) is 25.0 Å². The fourth-order valence-electron chi connectivity index (χ4n) is 3.48. The summed E-state index contributed by atoms with van der Waals surface area (Å²) >= 11 is 0. The molecule has 2 aromatic rings. The van der Waals surface area contributed by atoms with Crippen LogP contribution in [-0.4, -0.2) is 48.2 Å². The van der Waals surface area contributed by atoms with Crippen molar-refractivity contribution in [3.05, 3.63) is 54.1 Å². The molecule has 9 nitrogen and oxygen atoms in total. The van der Waals surface area contributed by atoms with Gasteiger partial charge in [0.1, 0.15) is 0 Å². The molecular weight excluding hydrogens is 388 g/mol. The third kappa shape index (κ3) is 3.38. The third-order valence-electron chi connectivity index (χ3n) is 4.79. The molecule has 0 aliphatic carbocycles. The molecule has 0 unspecified atom stereocenters. The Morgan fingerprint density at radius 2 is 1.87 bits per heavy atom. The van der Waals surface area contributed by atoms with Crippen molar-refractivity contribution in [2.75, 3.05) is 25.5 Å². The van der Waals surface area contributed by atoms with Gasteiger partial charge in [-0.2, -0.15) is 0 Å². The molecule has 0 saturated carbocycles. The van der Waals surface area contributed by atoms with Gasteiger partial charge in [-0.3, -0.25) is 9.80 Å². The maximum absolute atomic E-state index is 12.7. The first-order chi connectivity index (χ1) is 14.5. The minimum Gasteiger partial charge on any atom is -0.460 e. The predicted molar refractivity (Wildman–Crippen MR) is 109 cm³/mol. The lowest BCUT2D eigenvalue weighted by Gasteiger charge is -2.46. The van der Waals surface area contributed by atoms with E-state index in [1.807, 2.05) is 42.5 Å². The number of nitrogens with zero attached hydrogens (tertiary/aromatic N) is 4. The van der Waals surface area contributed by atoms with Gasteiger partial charge >= 0.3 is 5.97 Å². The number of para-hydroxylation sites is 1. The first kappa shape index (κ1) is 19.6. The molecule has 9 heteroatoms. The Morgan fingerprint density at radius 1 is 1.13 bits per heavy atom. The lowest BCUT2D eigenvalue weighted by molar-refractivity contribution is -0.147. The standard InChI is InChI=1S/C21H22N4O5/c1-4-28-21(27)19-22-24(16-8-6-5-7-9-16)20(25(14(2)26)23(19)3)15-10-11-17-18(12-15)30-13-29-17/h5-12,20H,4,13H2,1-3H3/t20-/m0/s1. The van der Waals surface area contributed by atoms with Crippen LogP contribution in [0.4, 0.5) is 5.69 Å². The second-order valence-corrected chi connectivity index (χ2v) is 6.70. The van der Waals surface area contributed by atoms with E-state index < -0.39 is 12.1 Å². The van der Waals surface area contributed by atoms with Crippen molar-refractivity contribution >= 4 is 23.4 Å². The van der Waals surface area contributed by atoms with Crippen molar-refractivity contribution in [2.24, 2.45) is 5.10 Å². The molecule has 0 saturated heterocycles. The zero-order valence-electron chi connectivity index (χ0n) is 16.9. The summed E-state index contributed by atoms with van der Waals surface area (Å²) < 4.78 is 16.1. The van der Waals surface area contributed by atoms with E-state index in [9.17, 15) is 9.59 Å². The van der Waals surface area contributed by atoms with E-state index >= 15 is 0 Å². The Bertz CT molecular complexity index is 994. The molecule has 0 fully saturated rings. The number of hydrazone groups is 1. The Hall–Kier alpha value is -3.75. The fraction of sp³-hybridized carbons (Fsp3) is 0.286. The summed E-state index contributed by atoms with van der Waals surface area (Å²) in [7, 11) is 1.61. The van der Waals surface area contributed by atoms with Crippen LogP contribution in [0.3, 0.4) is 0 Å². The number of hydrazine groups is 1. The number of likely N-dealkylation sites (N-methyl/N-ethyl adjacent to an activating group) is 1. The highest BCUT2D eigenvalue weighted by atomic mass is 16.7. The monoisotopic (exact) mass is 410 g/mol. The van der Waals surface area contributed by atoms with Crippen LogP contribution in [0.1, 0.15) is 25.6 Å². The number of hydrogen-bond donors (Lipinski definition) is 0. The SMILES string of the molecule is CCOC(=O)C1=NN(c2ccccc2)[C@H](c2ccc3c(c2)OCO3)N(C(C)=O)N1C. The van der Waals surface area contributed by atoms with E-state index in [1.165, 1.54) is 16.9 Å². The molecule has 1 atom stereocenters. The number of esters is 1. The molecule has 1 amide bonds. The second-order valence-electron chi connectivity index (χ2n) is 6.70. The van der Waals surface area contributed by atoms with Gasteiger partial charge in [0.2, 0.25) is 12.7 Å². The van der Waals surface area contributed by atoms with Crippen LogP contribution in [0.5, 0.6) is 11.5 Å². The third-order valence-corrected chi connectivity index (χ3v) is 4.79. The van der Waals surface area contributed by atoms with Gasteiger partial charge in [-0.15, -0.1) is 5.10 Å². The van der Waals surface area contributed by atoms with Crippen LogP contribution in [0.15, 0.2) is 53.6 Å². The molecular formula is C21H22N4O5. The number of carbonyl (C=O) groups excluding carboxylic acids is 2. The first-order valence-corrected chi connectivity index (χ1v) is 9.54. The maximum atomic E-state index is 12.7. The predicted octanol–water partition coefficient (Wildman–Crippen LogP) is 2.51. The average molecular weight is 410 g/mol. The van der Waals surface area contributed by atoms with Crippen LogP contribution < -0.4 is 14.5 Å². The Balaban J connectivity index is 1.87. The first-order valence-electron chi connectivity index (χ1n) is 9.54. The summed E-state index contributed by atoms with van der Waals surface area (Å²) in [5, 5.41) is 9.09. The van der Waals surface area contributed by atoms with Gasteiger partial charge < -0.3 is 14.2 Å². The average Bonchev–Trinajstić information content (AvgIpc) is 3.21. The van der Waals surface area contributed by atoms with Crippen molar-refractivity contribution in [3.8, 4) is 11.5 Å². The van der Waals surface area contributed by atoms with Gasteiger partial charge in [0, 0.05) is 19.5 Å². The molecule has 156 valence electrons. The van der Waals surface area contributed by atoms with Crippen LogP contribution in [0.25, 0.3) is 0 Å². The van der Waals surface area contributed by atoms with Gasteiger partial charge in [-0.1, -0.05) is 24.3 Å². The van der Waals surface area contributed by atoms with Crippen molar-refractivity contribution in [2.45, 2.75) is 20.0 Å². The molecule has 2 aliphatic heterocycles. The molecule has 2 heterocycles. The second kappa shape index (κ2) is 7.94. The number of amidine groups is 1. The number of amides is 1. The zero-order chi connectivity index (χ0) is 21.3. The van der Waals surface area contributed by atoms with Gasteiger partial charge in [0.25, 0.3) is 5.84 Å². The summed E-state index contributed by atoms with van der Waals surface area (Å²) in [6.45, 7) is 3.50. The topological polar surface area (TPSA) is 83.9 Å². The number of ether oxygens (including phenoxy) is 3. The summed E-state index contributed by atoms with van der Waals surface area (Å²) in [6, 6.07) is 14.8. The molecule has 0 N–H and O–H groups in total. The van der Waals surface area contributed by atoms with E-state index in [-0.39, 0.29) is 25.1 Å². The summed E-state index contributed by atoms with van der Waals surface area (Å²) in [5.74, 6) is 0.355. The lowest BCUT2D eigenvalue weighted by Crippen LogP contribution is -2.58. The van der Waals surface area contributed by atoms with Crippen LogP contribution in [0.2, 0.25) is 0 Å². The summed E-state index contributed by atoms with van der Waals surface area (Å²) in [4.78, 5) is 25.3. The number of carbonyl (C=O) groups is 2. The van der Waals surface area contributed by atoms with E-state index in [0.29, 0.717) is 17.2 Å². The maximum Gasteiger partial charge on any atom is 0.377 e. The molecule has 2 aromatic carbocycles. The highest BCUT2D eigenvalue weighted by molar-refractivity contribution is 6.35. The van der Waals surface area contributed by atoms with Crippen molar-refractivity contribution in [1.82, 2.24) is 10.0 Å². The van der Waals surface area contributed by atoms with Crippen molar-refractivity contribution in [3.63, 3.8) is 0 Å². The molecule has 0 bridgehead atoms. The summed E-state index contributed by atoms with van der Waals surface area (Å²) in [5.41, 5.74) is 1.46. The van der Waals surface area contributed by atoms with Gasteiger partial charge in [0.05, 0.1) is 12.3 Å². The van der Waals surface area contributed by atoms with Crippen molar-refractivity contribution in [1.29, 1.82) is 0 Å². The number of rotatable bonds is 4. The minimum absolute atomic E-state index is 0.00731. The Labute approximate surface area is 174 Å². The summed E-state index contributed by atoms with van der Waals surface area (Å²) in [6.07, 6.45) is -0.650. The number of fused-ring (bicyclic) bond motifs is 1. The van der Waals surface area contributed by atoms with Gasteiger partial charge in [-0.05, 0) is 31.2 Å².